The van der Waals surface area contributed by atoms with Gasteiger partial charge < -0.3 is 10.6 Å². The summed E-state index contributed by atoms with van der Waals surface area (Å²) in [6.07, 6.45) is -0.283. The van der Waals surface area contributed by atoms with E-state index in [-0.39, 0.29) is 18.7 Å². The number of nitrogens with zero attached hydrogens (tertiary/aromatic N) is 1. The van der Waals surface area contributed by atoms with Gasteiger partial charge in [0.1, 0.15) is 12.2 Å². The molecule has 5 nitrogen and oxygen atoms in total. The Balaban J connectivity index is 1.93. The summed E-state index contributed by atoms with van der Waals surface area (Å²) in [4.78, 5) is 23.2. The highest BCUT2D eigenvalue weighted by Gasteiger charge is 2.08. The van der Waals surface area contributed by atoms with Gasteiger partial charge in [-0.1, -0.05) is 18.2 Å². The number of hydrogen-bond donors (Lipinski definition) is 2. The lowest BCUT2D eigenvalue weighted by Crippen LogP contribution is -2.15. The van der Waals surface area contributed by atoms with E-state index in [0.717, 1.165) is 0 Å². The quantitative estimate of drug-likeness (QED) is 0.890. The molecule has 0 saturated carbocycles. The minimum absolute atomic E-state index is 0.0622. The van der Waals surface area contributed by atoms with Crippen molar-refractivity contribution in [1.29, 1.82) is 5.26 Å². The summed E-state index contributed by atoms with van der Waals surface area (Å²) in [5.74, 6) is -1.15. The SMILES string of the molecule is N#CCC(=O)Nc1ccc(NC(=O)Cc2ccccc2F)cc1. The highest BCUT2D eigenvalue weighted by molar-refractivity contribution is 5.94. The number of amides is 2. The second-order valence-corrected chi connectivity index (χ2v) is 4.78. The van der Waals surface area contributed by atoms with Crippen LogP contribution in [0.15, 0.2) is 48.5 Å². The predicted molar refractivity (Wildman–Crippen MR) is 84.0 cm³/mol. The van der Waals surface area contributed by atoms with Crippen molar-refractivity contribution >= 4 is 23.2 Å². The number of benzene rings is 2. The van der Waals surface area contributed by atoms with Crippen LogP contribution >= 0.6 is 0 Å². The number of nitriles is 1. The molecule has 0 aliphatic rings. The van der Waals surface area contributed by atoms with Gasteiger partial charge in [-0.3, -0.25) is 9.59 Å². The summed E-state index contributed by atoms with van der Waals surface area (Å²) in [5.41, 5.74) is 1.38. The third-order valence-corrected chi connectivity index (χ3v) is 3.00. The number of halogens is 1. The number of hydrogen-bond acceptors (Lipinski definition) is 3. The molecular formula is C17H14FN3O2. The van der Waals surface area contributed by atoms with E-state index in [9.17, 15) is 14.0 Å². The van der Waals surface area contributed by atoms with Crippen molar-refractivity contribution in [2.24, 2.45) is 0 Å². The Morgan fingerprint density at radius 1 is 0.957 bits per heavy atom. The maximum Gasteiger partial charge on any atom is 0.238 e. The van der Waals surface area contributed by atoms with Crippen LogP contribution in [0.2, 0.25) is 0 Å². The van der Waals surface area contributed by atoms with Gasteiger partial charge in [0, 0.05) is 11.4 Å². The minimum Gasteiger partial charge on any atom is -0.326 e. The first-order valence-electron chi connectivity index (χ1n) is 6.88. The van der Waals surface area contributed by atoms with E-state index in [1.165, 1.54) is 6.07 Å². The van der Waals surface area contributed by atoms with Crippen molar-refractivity contribution < 1.29 is 14.0 Å². The molecule has 2 N–H and O–H groups in total. The van der Waals surface area contributed by atoms with Gasteiger partial charge in [0.05, 0.1) is 12.5 Å². The largest absolute Gasteiger partial charge is 0.326 e. The summed E-state index contributed by atoms with van der Waals surface area (Å²) >= 11 is 0. The van der Waals surface area contributed by atoms with Crippen LogP contribution in [-0.4, -0.2) is 11.8 Å². The van der Waals surface area contributed by atoms with Crippen molar-refractivity contribution in [3.63, 3.8) is 0 Å². The highest BCUT2D eigenvalue weighted by Crippen LogP contribution is 2.15. The van der Waals surface area contributed by atoms with E-state index in [1.54, 1.807) is 48.5 Å². The summed E-state index contributed by atoms with van der Waals surface area (Å²) in [6.45, 7) is 0. The molecule has 0 heterocycles. The van der Waals surface area contributed by atoms with Gasteiger partial charge in [-0.15, -0.1) is 0 Å². The fourth-order valence-electron chi connectivity index (χ4n) is 1.93. The summed E-state index contributed by atoms with van der Waals surface area (Å²) in [5, 5.41) is 13.6. The Hall–Kier alpha value is -3.20. The van der Waals surface area contributed by atoms with Crippen molar-refractivity contribution in [1.82, 2.24) is 0 Å². The van der Waals surface area contributed by atoms with E-state index < -0.39 is 11.7 Å². The summed E-state index contributed by atoms with van der Waals surface area (Å²) in [6, 6.07) is 14.3. The Labute approximate surface area is 132 Å². The normalized spacial score (nSPS) is 9.74. The topological polar surface area (TPSA) is 82.0 Å². The molecule has 0 spiro atoms. The molecule has 2 amide bonds. The lowest BCUT2D eigenvalue weighted by atomic mass is 10.1. The summed E-state index contributed by atoms with van der Waals surface area (Å²) < 4.78 is 13.5. The lowest BCUT2D eigenvalue weighted by Gasteiger charge is -2.08. The Morgan fingerprint density at radius 3 is 2.09 bits per heavy atom. The lowest BCUT2D eigenvalue weighted by molar-refractivity contribution is -0.116. The maximum absolute atomic E-state index is 13.5. The molecule has 0 aliphatic heterocycles. The zero-order valence-corrected chi connectivity index (χ0v) is 12.2. The van der Waals surface area contributed by atoms with Crippen molar-refractivity contribution in [3.05, 3.63) is 59.9 Å². The molecule has 0 aromatic heterocycles. The standard InChI is InChI=1S/C17H14FN3O2/c18-15-4-2-1-3-12(15)11-17(23)21-14-7-5-13(6-8-14)20-16(22)9-10-19/h1-8H,9,11H2,(H,20,22)(H,21,23). The summed E-state index contributed by atoms with van der Waals surface area (Å²) in [7, 11) is 0. The first-order valence-corrected chi connectivity index (χ1v) is 6.88. The molecule has 0 unspecified atom stereocenters. The van der Waals surface area contributed by atoms with Gasteiger partial charge >= 0.3 is 0 Å². The molecule has 0 radical (unpaired) electrons. The van der Waals surface area contributed by atoms with E-state index in [1.807, 2.05) is 0 Å². The molecule has 0 atom stereocenters. The van der Waals surface area contributed by atoms with E-state index in [0.29, 0.717) is 16.9 Å². The average Bonchev–Trinajstić information content (AvgIpc) is 2.52. The molecule has 2 aromatic carbocycles. The van der Waals surface area contributed by atoms with Crippen LogP contribution in [-0.2, 0) is 16.0 Å². The van der Waals surface area contributed by atoms with Gasteiger partial charge in [0.15, 0.2) is 0 Å². The molecule has 23 heavy (non-hydrogen) atoms. The second kappa shape index (κ2) is 7.71. The van der Waals surface area contributed by atoms with Crippen LogP contribution in [0.1, 0.15) is 12.0 Å². The number of carbonyl (C=O) groups is 2. The first kappa shape index (κ1) is 16.2. The molecule has 0 aliphatic carbocycles. The predicted octanol–water partition coefficient (Wildman–Crippen LogP) is 2.86. The number of nitrogens with one attached hydrogen (secondary N) is 2. The molecule has 2 aromatic rings. The zero-order valence-electron chi connectivity index (χ0n) is 12.2. The van der Waals surface area contributed by atoms with Gasteiger partial charge in [-0.25, -0.2) is 4.39 Å². The van der Waals surface area contributed by atoms with E-state index in [4.69, 9.17) is 5.26 Å². The molecule has 2 rings (SSSR count). The maximum atomic E-state index is 13.5. The highest BCUT2D eigenvalue weighted by atomic mass is 19.1. The van der Waals surface area contributed by atoms with Crippen LogP contribution in [0.25, 0.3) is 0 Å². The van der Waals surface area contributed by atoms with Gasteiger partial charge in [-0.05, 0) is 35.9 Å². The Bertz CT molecular complexity index is 751. The van der Waals surface area contributed by atoms with Crippen LogP contribution in [0.4, 0.5) is 15.8 Å². The fraction of sp³-hybridized carbons (Fsp3) is 0.118. The number of anilines is 2. The van der Waals surface area contributed by atoms with Crippen molar-refractivity contribution in [2.75, 3.05) is 10.6 Å². The fourth-order valence-corrected chi connectivity index (χ4v) is 1.93. The molecular weight excluding hydrogens is 297 g/mol. The van der Waals surface area contributed by atoms with E-state index >= 15 is 0 Å². The molecule has 0 fully saturated rings. The second-order valence-electron chi connectivity index (χ2n) is 4.78. The zero-order chi connectivity index (χ0) is 16.7. The van der Waals surface area contributed by atoms with Gasteiger partial charge in [0.25, 0.3) is 0 Å². The molecule has 0 bridgehead atoms. The third kappa shape index (κ3) is 4.93. The molecule has 0 saturated heterocycles. The van der Waals surface area contributed by atoms with Crippen molar-refractivity contribution in [3.8, 4) is 6.07 Å². The third-order valence-electron chi connectivity index (χ3n) is 3.00. The van der Waals surface area contributed by atoms with Crippen LogP contribution in [0.5, 0.6) is 0 Å². The Kier molecular flexibility index (Phi) is 5.42. The number of rotatable bonds is 5. The average molecular weight is 311 g/mol. The number of carbonyl (C=O) groups excluding carboxylic acids is 2. The minimum atomic E-state index is -0.418. The molecule has 6 heteroatoms. The van der Waals surface area contributed by atoms with E-state index in [2.05, 4.69) is 10.6 Å². The van der Waals surface area contributed by atoms with Crippen LogP contribution in [0, 0.1) is 17.1 Å². The van der Waals surface area contributed by atoms with Gasteiger partial charge in [-0.2, -0.15) is 5.26 Å². The smallest absolute Gasteiger partial charge is 0.238 e. The monoisotopic (exact) mass is 311 g/mol. The molecule has 116 valence electrons. The Morgan fingerprint density at radius 2 is 1.52 bits per heavy atom. The van der Waals surface area contributed by atoms with Crippen molar-refractivity contribution in [2.45, 2.75) is 12.8 Å². The van der Waals surface area contributed by atoms with Gasteiger partial charge in [0.2, 0.25) is 11.8 Å². The van der Waals surface area contributed by atoms with Crippen LogP contribution < -0.4 is 10.6 Å². The van der Waals surface area contributed by atoms with Crippen LogP contribution in [0.3, 0.4) is 0 Å². The first-order chi connectivity index (χ1) is 11.1.